The Morgan fingerprint density at radius 2 is 1.89 bits per heavy atom. The topological polar surface area (TPSA) is 51.4 Å². The molecular weight excluding hydrogens is 232 g/mol. The quantitative estimate of drug-likeness (QED) is 0.555. The Kier molecular flexibility index (Phi) is 2.31. The Hall–Kier alpha value is -0.610. The third kappa shape index (κ3) is 1.95. The molecule has 4 rings (SSSR count). The zero-order valence-electron chi connectivity index (χ0n) is 10.8. The number of esters is 1. The van der Waals surface area contributed by atoms with E-state index in [-0.39, 0.29) is 17.5 Å². The monoisotopic (exact) mass is 252 g/mol. The van der Waals surface area contributed by atoms with Crippen LogP contribution in [0.1, 0.15) is 45.4 Å². The average Bonchev–Trinajstić information content (AvgIpc) is 3.21. The van der Waals surface area contributed by atoms with Gasteiger partial charge in [0.2, 0.25) is 0 Å². The van der Waals surface area contributed by atoms with Crippen LogP contribution in [0, 0.1) is 5.92 Å². The molecule has 0 radical (unpaired) electrons. The van der Waals surface area contributed by atoms with E-state index in [1.807, 2.05) is 0 Å². The number of rotatable bonds is 2. The molecule has 2 heterocycles. The van der Waals surface area contributed by atoms with Gasteiger partial charge < -0.3 is 14.2 Å². The van der Waals surface area contributed by atoms with Gasteiger partial charge in [-0.1, -0.05) is 0 Å². The van der Waals surface area contributed by atoms with E-state index in [1.165, 1.54) is 0 Å². The van der Waals surface area contributed by atoms with Crippen LogP contribution in [0.2, 0.25) is 0 Å². The molecule has 6 unspecified atom stereocenters. The Balaban J connectivity index is 1.36. The summed E-state index contributed by atoms with van der Waals surface area (Å²) in [4.78, 5) is 12.2. The number of ether oxygens (including phenoxy) is 3. The molecular formula is C14H20O4. The summed E-state index contributed by atoms with van der Waals surface area (Å²) in [6, 6.07) is 0. The molecule has 4 aliphatic rings. The fourth-order valence-electron chi connectivity index (χ4n) is 3.62. The number of hydrogen-bond donors (Lipinski definition) is 0. The van der Waals surface area contributed by atoms with E-state index < -0.39 is 0 Å². The molecule has 2 aliphatic heterocycles. The lowest BCUT2D eigenvalue weighted by molar-refractivity contribution is -0.166. The Morgan fingerprint density at radius 3 is 2.67 bits per heavy atom. The largest absolute Gasteiger partial charge is 0.459 e. The highest BCUT2D eigenvalue weighted by Gasteiger charge is 2.52. The fourth-order valence-corrected chi connectivity index (χ4v) is 3.62. The van der Waals surface area contributed by atoms with Crippen LogP contribution in [-0.2, 0) is 19.0 Å². The van der Waals surface area contributed by atoms with E-state index in [2.05, 4.69) is 6.92 Å². The molecule has 2 saturated carbocycles. The van der Waals surface area contributed by atoms with E-state index in [4.69, 9.17) is 14.2 Å². The molecule has 4 fully saturated rings. The highest BCUT2D eigenvalue weighted by Crippen LogP contribution is 2.45. The third-order valence-electron chi connectivity index (χ3n) is 4.96. The first-order valence-electron chi connectivity index (χ1n) is 7.17. The van der Waals surface area contributed by atoms with Gasteiger partial charge in [-0.15, -0.1) is 0 Å². The first kappa shape index (κ1) is 11.2. The zero-order chi connectivity index (χ0) is 12.3. The van der Waals surface area contributed by atoms with Gasteiger partial charge in [0.05, 0.1) is 30.3 Å². The molecule has 0 aromatic carbocycles. The molecule has 18 heavy (non-hydrogen) atoms. The Bertz CT molecular complexity index is 382. The molecule has 2 saturated heterocycles. The maximum Gasteiger partial charge on any atom is 0.309 e. The van der Waals surface area contributed by atoms with Crippen LogP contribution < -0.4 is 0 Å². The van der Waals surface area contributed by atoms with Crippen molar-refractivity contribution in [2.45, 2.75) is 75.5 Å². The lowest BCUT2D eigenvalue weighted by Crippen LogP contribution is -2.39. The lowest BCUT2D eigenvalue weighted by Gasteiger charge is -2.33. The van der Waals surface area contributed by atoms with Crippen molar-refractivity contribution in [2.24, 2.45) is 5.92 Å². The summed E-state index contributed by atoms with van der Waals surface area (Å²) >= 11 is 0. The number of epoxide rings is 2. The van der Waals surface area contributed by atoms with E-state index in [0.717, 1.165) is 38.5 Å². The van der Waals surface area contributed by atoms with E-state index in [1.54, 1.807) is 0 Å². The molecule has 0 aromatic rings. The van der Waals surface area contributed by atoms with Gasteiger partial charge in [0.1, 0.15) is 5.60 Å². The van der Waals surface area contributed by atoms with Crippen molar-refractivity contribution in [3.63, 3.8) is 0 Å². The molecule has 4 heteroatoms. The van der Waals surface area contributed by atoms with Crippen molar-refractivity contribution < 1.29 is 19.0 Å². The fraction of sp³-hybridized carbons (Fsp3) is 0.929. The van der Waals surface area contributed by atoms with Crippen molar-refractivity contribution >= 4 is 5.97 Å². The summed E-state index contributed by atoms with van der Waals surface area (Å²) in [5.41, 5.74) is -0.296. The van der Waals surface area contributed by atoms with Crippen molar-refractivity contribution in [3.8, 4) is 0 Å². The highest BCUT2D eigenvalue weighted by atomic mass is 16.6. The second-order valence-electron chi connectivity index (χ2n) is 6.55. The Morgan fingerprint density at radius 1 is 1.11 bits per heavy atom. The van der Waals surface area contributed by atoms with Crippen molar-refractivity contribution in [3.05, 3.63) is 0 Å². The summed E-state index contributed by atoms with van der Waals surface area (Å²) in [7, 11) is 0. The summed E-state index contributed by atoms with van der Waals surface area (Å²) in [6.45, 7) is 2.06. The van der Waals surface area contributed by atoms with Crippen LogP contribution in [0.3, 0.4) is 0 Å². The zero-order valence-corrected chi connectivity index (χ0v) is 10.8. The smallest absolute Gasteiger partial charge is 0.309 e. The molecule has 0 bridgehead atoms. The number of carbonyl (C=O) groups is 1. The summed E-state index contributed by atoms with van der Waals surface area (Å²) in [5, 5.41) is 0. The maximum atomic E-state index is 12.2. The standard InChI is InChI=1S/C14H20O4/c1-14(5-4-10-12(7-14)17-10)18-13(15)8-2-3-9-11(6-8)16-9/h8-12H,2-7H2,1H3. The lowest BCUT2D eigenvalue weighted by atomic mass is 9.85. The van der Waals surface area contributed by atoms with Crippen LogP contribution in [0.5, 0.6) is 0 Å². The second-order valence-corrected chi connectivity index (χ2v) is 6.55. The van der Waals surface area contributed by atoms with Crippen LogP contribution in [0.15, 0.2) is 0 Å². The predicted molar refractivity (Wildman–Crippen MR) is 63.0 cm³/mol. The highest BCUT2D eigenvalue weighted by molar-refractivity contribution is 5.73. The molecule has 2 aliphatic carbocycles. The minimum atomic E-state index is -0.296. The number of carbonyl (C=O) groups excluding carboxylic acids is 1. The average molecular weight is 252 g/mol. The molecule has 0 amide bonds. The second kappa shape index (κ2) is 3.70. The van der Waals surface area contributed by atoms with Crippen molar-refractivity contribution in [1.82, 2.24) is 0 Å². The first-order valence-corrected chi connectivity index (χ1v) is 7.17. The van der Waals surface area contributed by atoms with E-state index in [9.17, 15) is 4.79 Å². The van der Waals surface area contributed by atoms with Crippen molar-refractivity contribution in [2.75, 3.05) is 0 Å². The third-order valence-corrected chi connectivity index (χ3v) is 4.96. The minimum Gasteiger partial charge on any atom is -0.459 e. The molecule has 0 aromatic heterocycles. The van der Waals surface area contributed by atoms with Crippen LogP contribution in [0.4, 0.5) is 0 Å². The van der Waals surface area contributed by atoms with Gasteiger partial charge >= 0.3 is 5.97 Å². The maximum absolute atomic E-state index is 12.2. The van der Waals surface area contributed by atoms with Gasteiger partial charge in [0.15, 0.2) is 0 Å². The number of fused-ring (bicyclic) bond motifs is 2. The number of hydrogen-bond acceptors (Lipinski definition) is 4. The minimum absolute atomic E-state index is 0.00875. The van der Waals surface area contributed by atoms with Gasteiger partial charge in [0, 0.05) is 6.42 Å². The molecule has 4 nitrogen and oxygen atoms in total. The van der Waals surface area contributed by atoms with E-state index >= 15 is 0 Å². The van der Waals surface area contributed by atoms with Gasteiger partial charge in [-0.25, -0.2) is 0 Å². The SMILES string of the molecule is CC1(OC(=O)C2CCC3OC3C2)CCC2OC2C1. The van der Waals surface area contributed by atoms with Crippen LogP contribution >= 0.6 is 0 Å². The normalized spacial score (nSPS) is 53.1. The van der Waals surface area contributed by atoms with E-state index in [0.29, 0.717) is 24.4 Å². The Labute approximate surface area is 107 Å². The van der Waals surface area contributed by atoms with Gasteiger partial charge in [-0.05, 0) is 39.0 Å². The van der Waals surface area contributed by atoms with Gasteiger partial charge in [-0.3, -0.25) is 4.79 Å². The first-order chi connectivity index (χ1) is 8.63. The molecule has 100 valence electrons. The van der Waals surface area contributed by atoms with Gasteiger partial charge in [-0.2, -0.15) is 0 Å². The molecule has 0 N–H and O–H groups in total. The van der Waals surface area contributed by atoms with Crippen LogP contribution in [0.25, 0.3) is 0 Å². The predicted octanol–water partition coefficient (Wildman–Crippen LogP) is 1.81. The molecule has 6 atom stereocenters. The van der Waals surface area contributed by atoms with Gasteiger partial charge in [0.25, 0.3) is 0 Å². The molecule has 0 spiro atoms. The van der Waals surface area contributed by atoms with Crippen LogP contribution in [-0.4, -0.2) is 36.0 Å². The summed E-state index contributed by atoms with van der Waals surface area (Å²) in [5.74, 6) is 0.0500. The van der Waals surface area contributed by atoms with Crippen molar-refractivity contribution in [1.29, 1.82) is 0 Å². The summed E-state index contributed by atoms with van der Waals surface area (Å²) in [6.07, 6.45) is 7.24. The summed E-state index contributed by atoms with van der Waals surface area (Å²) < 4.78 is 16.8.